The molecular weight excluding hydrogens is 306 g/mol. The first-order valence-corrected chi connectivity index (χ1v) is 9.22. The standard InChI is InChI=1S/C14H23N3O4S/c1-10(2)22(18,19)17-8-12(13-15-11(3)16-21-13)14(9-17)4-6-20-7-5-14/h10,12H,4-9H2,1-3H3/t12-/m1/s1. The molecule has 2 aliphatic heterocycles. The third-order valence-corrected chi connectivity index (χ3v) is 7.09. The van der Waals surface area contributed by atoms with Gasteiger partial charge in [0.15, 0.2) is 5.82 Å². The number of aromatic nitrogens is 2. The molecule has 0 radical (unpaired) electrons. The first kappa shape index (κ1) is 15.9. The third-order valence-electron chi connectivity index (χ3n) is 4.90. The van der Waals surface area contributed by atoms with Gasteiger partial charge in [-0.05, 0) is 33.6 Å². The zero-order valence-corrected chi connectivity index (χ0v) is 14.1. The number of nitrogens with zero attached hydrogens (tertiary/aromatic N) is 3. The van der Waals surface area contributed by atoms with E-state index in [4.69, 9.17) is 9.26 Å². The van der Waals surface area contributed by atoms with E-state index in [0.717, 1.165) is 12.8 Å². The normalized spacial score (nSPS) is 26.1. The lowest BCUT2D eigenvalue weighted by atomic mass is 9.72. The van der Waals surface area contributed by atoms with E-state index in [2.05, 4.69) is 10.1 Å². The lowest BCUT2D eigenvalue weighted by molar-refractivity contribution is 0.0104. The van der Waals surface area contributed by atoms with Gasteiger partial charge in [0.05, 0.1) is 11.2 Å². The summed E-state index contributed by atoms with van der Waals surface area (Å²) in [7, 11) is -3.28. The van der Waals surface area contributed by atoms with E-state index >= 15 is 0 Å². The predicted octanol–water partition coefficient (Wildman–Crippen LogP) is 1.31. The summed E-state index contributed by atoms with van der Waals surface area (Å²) >= 11 is 0. The van der Waals surface area contributed by atoms with Crippen molar-refractivity contribution in [2.45, 2.75) is 44.8 Å². The van der Waals surface area contributed by atoms with Crippen LogP contribution in [0.1, 0.15) is 44.3 Å². The molecule has 2 aliphatic rings. The minimum atomic E-state index is -3.28. The zero-order chi connectivity index (χ0) is 16.0. The summed E-state index contributed by atoms with van der Waals surface area (Å²) in [6, 6.07) is 0. The molecule has 0 aliphatic carbocycles. The summed E-state index contributed by atoms with van der Waals surface area (Å²) in [5.74, 6) is 1.09. The lowest BCUT2D eigenvalue weighted by Gasteiger charge is -2.36. The summed E-state index contributed by atoms with van der Waals surface area (Å²) in [4.78, 5) is 4.36. The van der Waals surface area contributed by atoms with Crippen LogP contribution in [0, 0.1) is 12.3 Å². The molecule has 0 amide bonds. The summed E-state index contributed by atoms with van der Waals surface area (Å²) in [6.07, 6.45) is 1.65. The molecule has 22 heavy (non-hydrogen) atoms. The minimum Gasteiger partial charge on any atom is -0.381 e. The molecule has 8 heteroatoms. The highest BCUT2D eigenvalue weighted by Crippen LogP contribution is 2.50. The molecule has 124 valence electrons. The third kappa shape index (κ3) is 2.57. The molecule has 3 rings (SSSR count). The Morgan fingerprint density at radius 3 is 2.55 bits per heavy atom. The highest BCUT2D eigenvalue weighted by atomic mass is 32.2. The Labute approximate surface area is 131 Å². The van der Waals surface area contributed by atoms with Gasteiger partial charge in [-0.1, -0.05) is 5.16 Å². The van der Waals surface area contributed by atoms with Crippen molar-refractivity contribution in [2.24, 2.45) is 5.41 Å². The molecule has 1 aromatic rings. The topological polar surface area (TPSA) is 85.5 Å². The second-order valence-electron chi connectivity index (χ2n) is 6.59. The van der Waals surface area contributed by atoms with Crippen molar-refractivity contribution in [1.29, 1.82) is 0 Å². The SMILES string of the molecule is Cc1noc([C@H]2CN(S(=O)(=O)C(C)C)CC23CCOCC3)n1. The largest absolute Gasteiger partial charge is 0.381 e. The van der Waals surface area contributed by atoms with Gasteiger partial charge in [0.2, 0.25) is 15.9 Å². The molecular formula is C14H23N3O4S. The van der Waals surface area contributed by atoms with Gasteiger partial charge in [-0.3, -0.25) is 0 Å². The van der Waals surface area contributed by atoms with Crippen LogP contribution in [0.4, 0.5) is 0 Å². The van der Waals surface area contributed by atoms with Crippen LogP contribution in [0.2, 0.25) is 0 Å². The van der Waals surface area contributed by atoms with Crippen LogP contribution >= 0.6 is 0 Å². The van der Waals surface area contributed by atoms with E-state index in [1.165, 1.54) is 0 Å². The molecule has 0 saturated carbocycles. The molecule has 0 N–H and O–H groups in total. The van der Waals surface area contributed by atoms with Crippen molar-refractivity contribution in [3.8, 4) is 0 Å². The van der Waals surface area contributed by atoms with Gasteiger partial charge in [-0.15, -0.1) is 0 Å². The molecule has 0 unspecified atom stereocenters. The number of aryl methyl sites for hydroxylation is 1. The molecule has 1 spiro atoms. The molecule has 2 fully saturated rings. The van der Waals surface area contributed by atoms with Gasteiger partial charge in [-0.25, -0.2) is 12.7 Å². The number of rotatable bonds is 3. The van der Waals surface area contributed by atoms with Gasteiger partial charge in [0, 0.05) is 31.7 Å². The maximum atomic E-state index is 12.6. The highest BCUT2D eigenvalue weighted by Gasteiger charge is 2.53. The molecule has 2 saturated heterocycles. The Bertz CT molecular complexity index is 634. The van der Waals surface area contributed by atoms with Crippen LogP contribution in [0.15, 0.2) is 4.52 Å². The van der Waals surface area contributed by atoms with E-state index < -0.39 is 15.3 Å². The van der Waals surface area contributed by atoms with E-state index in [9.17, 15) is 8.42 Å². The van der Waals surface area contributed by atoms with E-state index in [1.807, 2.05) is 0 Å². The Kier molecular flexibility index (Phi) is 4.03. The van der Waals surface area contributed by atoms with Crippen molar-refractivity contribution in [2.75, 3.05) is 26.3 Å². The smallest absolute Gasteiger partial charge is 0.231 e. The molecule has 0 aromatic carbocycles. The fourth-order valence-electron chi connectivity index (χ4n) is 3.49. The van der Waals surface area contributed by atoms with Crippen molar-refractivity contribution in [3.05, 3.63) is 11.7 Å². The van der Waals surface area contributed by atoms with Gasteiger partial charge < -0.3 is 9.26 Å². The molecule has 7 nitrogen and oxygen atoms in total. The molecule has 3 heterocycles. The fraction of sp³-hybridized carbons (Fsp3) is 0.857. The summed E-state index contributed by atoms with van der Waals surface area (Å²) in [5.41, 5.74) is -0.154. The summed E-state index contributed by atoms with van der Waals surface area (Å²) in [6.45, 7) is 7.46. The second kappa shape index (κ2) is 5.58. The molecule has 1 aromatic heterocycles. The number of ether oxygens (including phenoxy) is 1. The Balaban J connectivity index is 1.95. The van der Waals surface area contributed by atoms with Crippen LogP contribution in [0.25, 0.3) is 0 Å². The summed E-state index contributed by atoms with van der Waals surface area (Å²) < 4.78 is 37.6. The maximum Gasteiger partial charge on any atom is 0.231 e. The molecule has 1 atom stereocenters. The van der Waals surface area contributed by atoms with Crippen LogP contribution in [0.5, 0.6) is 0 Å². The van der Waals surface area contributed by atoms with Crippen molar-refractivity contribution in [3.63, 3.8) is 0 Å². The number of sulfonamides is 1. The van der Waals surface area contributed by atoms with Gasteiger partial charge in [0.25, 0.3) is 0 Å². The Hall–Kier alpha value is -0.990. The van der Waals surface area contributed by atoms with E-state index in [0.29, 0.717) is 38.0 Å². The quantitative estimate of drug-likeness (QED) is 0.831. The predicted molar refractivity (Wildman–Crippen MR) is 79.9 cm³/mol. The number of hydrogen-bond donors (Lipinski definition) is 0. The average Bonchev–Trinajstić information content (AvgIpc) is 3.04. The molecule has 0 bridgehead atoms. The van der Waals surface area contributed by atoms with Crippen LogP contribution < -0.4 is 0 Å². The average molecular weight is 329 g/mol. The summed E-state index contributed by atoms with van der Waals surface area (Å²) in [5, 5.41) is 3.45. The minimum absolute atomic E-state index is 0.0499. The Morgan fingerprint density at radius 1 is 1.32 bits per heavy atom. The zero-order valence-electron chi connectivity index (χ0n) is 13.3. The first-order chi connectivity index (χ1) is 10.3. The fourth-order valence-corrected chi connectivity index (χ4v) is 4.88. The highest BCUT2D eigenvalue weighted by molar-refractivity contribution is 7.89. The van der Waals surface area contributed by atoms with Crippen molar-refractivity contribution < 1.29 is 17.7 Å². The monoisotopic (exact) mass is 329 g/mol. The van der Waals surface area contributed by atoms with Crippen LogP contribution in [0.3, 0.4) is 0 Å². The van der Waals surface area contributed by atoms with Crippen LogP contribution in [-0.2, 0) is 14.8 Å². The van der Waals surface area contributed by atoms with Crippen molar-refractivity contribution >= 4 is 10.0 Å². The lowest BCUT2D eigenvalue weighted by Crippen LogP contribution is -2.39. The maximum absolute atomic E-state index is 12.6. The second-order valence-corrected chi connectivity index (χ2v) is 9.08. The van der Waals surface area contributed by atoms with Gasteiger partial charge in [-0.2, -0.15) is 4.98 Å². The van der Waals surface area contributed by atoms with Crippen molar-refractivity contribution in [1.82, 2.24) is 14.4 Å². The number of hydrogen-bond acceptors (Lipinski definition) is 6. The van der Waals surface area contributed by atoms with E-state index in [-0.39, 0.29) is 11.3 Å². The first-order valence-electron chi connectivity index (χ1n) is 7.72. The van der Waals surface area contributed by atoms with Gasteiger partial charge >= 0.3 is 0 Å². The van der Waals surface area contributed by atoms with Gasteiger partial charge in [0.1, 0.15) is 0 Å². The van der Waals surface area contributed by atoms with E-state index in [1.54, 1.807) is 25.1 Å². The Morgan fingerprint density at radius 2 is 2.00 bits per heavy atom. The van der Waals surface area contributed by atoms with Crippen LogP contribution in [-0.4, -0.2) is 54.4 Å².